The standard InChI is InChI=1S/C16H18F3NO3/c1-4-15(2)9-20(8-13(21)23-3)14(22)11-6-5-10(7-12(11)15)16(17,18)19/h5-7H,4,8-9H2,1-3H3. The number of alkyl halides is 3. The average Bonchev–Trinajstić information content (AvgIpc) is 2.50. The Labute approximate surface area is 132 Å². The fourth-order valence-corrected chi connectivity index (χ4v) is 2.81. The first kappa shape index (κ1) is 17.3. The van der Waals surface area contributed by atoms with Crippen LogP contribution in [0.25, 0.3) is 0 Å². The van der Waals surface area contributed by atoms with E-state index in [1.165, 1.54) is 18.1 Å². The van der Waals surface area contributed by atoms with Crippen molar-refractivity contribution in [1.82, 2.24) is 4.90 Å². The van der Waals surface area contributed by atoms with Gasteiger partial charge in [-0.25, -0.2) is 0 Å². The Morgan fingerprint density at radius 3 is 2.57 bits per heavy atom. The minimum absolute atomic E-state index is 0.172. The van der Waals surface area contributed by atoms with E-state index in [0.717, 1.165) is 12.1 Å². The van der Waals surface area contributed by atoms with Gasteiger partial charge in [0.15, 0.2) is 0 Å². The molecule has 0 N–H and O–H groups in total. The third kappa shape index (κ3) is 3.18. The van der Waals surface area contributed by atoms with Crippen LogP contribution in [0.15, 0.2) is 18.2 Å². The molecule has 1 aliphatic rings. The summed E-state index contributed by atoms with van der Waals surface area (Å²) in [5.74, 6) is -1.02. The fraction of sp³-hybridized carbons (Fsp3) is 0.500. The van der Waals surface area contributed by atoms with Gasteiger partial charge in [-0.15, -0.1) is 0 Å². The monoisotopic (exact) mass is 329 g/mol. The van der Waals surface area contributed by atoms with Crippen molar-refractivity contribution in [3.63, 3.8) is 0 Å². The third-order valence-electron chi connectivity index (χ3n) is 4.38. The average molecular weight is 329 g/mol. The Kier molecular flexibility index (Phi) is 4.41. The van der Waals surface area contributed by atoms with E-state index in [4.69, 9.17) is 0 Å². The molecular weight excluding hydrogens is 311 g/mol. The van der Waals surface area contributed by atoms with Crippen molar-refractivity contribution in [3.8, 4) is 0 Å². The number of rotatable bonds is 3. The quantitative estimate of drug-likeness (QED) is 0.801. The minimum atomic E-state index is -4.46. The first-order valence-corrected chi connectivity index (χ1v) is 7.20. The van der Waals surface area contributed by atoms with Crippen LogP contribution in [0.3, 0.4) is 0 Å². The van der Waals surface area contributed by atoms with E-state index >= 15 is 0 Å². The summed E-state index contributed by atoms with van der Waals surface area (Å²) in [6.45, 7) is 3.59. The maximum absolute atomic E-state index is 12.9. The molecule has 4 nitrogen and oxygen atoms in total. The van der Waals surface area contributed by atoms with Gasteiger partial charge in [-0.1, -0.05) is 13.8 Å². The number of hydrogen-bond acceptors (Lipinski definition) is 3. The van der Waals surface area contributed by atoms with Gasteiger partial charge in [0.2, 0.25) is 0 Å². The number of fused-ring (bicyclic) bond motifs is 1. The lowest BCUT2D eigenvalue weighted by atomic mass is 9.74. The Morgan fingerprint density at radius 2 is 2.04 bits per heavy atom. The zero-order chi connectivity index (χ0) is 17.4. The molecule has 1 unspecified atom stereocenters. The summed E-state index contributed by atoms with van der Waals surface area (Å²) in [5, 5.41) is 0. The molecule has 126 valence electrons. The second kappa shape index (κ2) is 5.86. The van der Waals surface area contributed by atoms with Crippen LogP contribution in [0, 0.1) is 0 Å². The van der Waals surface area contributed by atoms with E-state index in [1.54, 1.807) is 6.92 Å². The number of methoxy groups -OCH3 is 1. The first-order valence-electron chi connectivity index (χ1n) is 7.20. The van der Waals surface area contributed by atoms with Crippen LogP contribution in [0.1, 0.15) is 41.8 Å². The number of carbonyl (C=O) groups is 2. The fourth-order valence-electron chi connectivity index (χ4n) is 2.81. The second-order valence-corrected chi connectivity index (χ2v) is 5.91. The molecule has 1 aromatic carbocycles. The van der Waals surface area contributed by atoms with Gasteiger partial charge in [0, 0.05) is 17.5 Å². The predicted octanol–water partition coefficient (Wildman–Crippen LogP) is 3.00. The van der Waals surface area contributed by atoms with Crippen LogP contribution in [0.5, 0.6) is 0 Å². The minimum Gasteiger partial charge on any atom is -0.468 e. The molecule has 1 aliphatic heterocycles. The lowest BCUT2D eigenvalue weighted by Crippen LogP contribution is -2.49. The SMILES string of the molecule is CCC1(C)CN(CC(=O)OC)C(=O)c2ccc(C(F)(F)F)cc21. The van der Waals surface area contributed by atoms with E-state index in [0.29, 0.717) is 12.0 Å². The van der Waals surface area contributed by atoms with Gasteiger partial charge < -0.3 is 9.64 Å². The van der Waals surface area contributed by atoms with Crippen LogP contribution in [0.2, 0.25) is 0 Å². The molecule has 2 rings (SSSR count). The van der Waals surface area contributed by atoms with Crippen molar-refractivity contribution >= 4 is 11.9 Å². The molecule has 0 saturated carbocycles. The largest absolute Gasteiger partial charge is 0.468 e. The second-order valence-electron chi connectivity index (χ2n) is 5.91. The first-order chi connectivity index (χ1) is 10.6. The van der Waals surface area contributed by atoms with Gasteiger partial charge in [0.1, 0.15) is 6.54 Å². The number of halogens is 3. The Morgan fingerprint density at radius 1 is 1.39 bits per heavy atom. The zero-order valence-corrected chi connectivity index (χ0v) is 13.2. The zero-order valence-electron chi connectivity index (χ0n) is 13.2. The van der Waals surface area contributed by atoms with Gasteiger partial charge in [-0.3, -0.25) is 9.59 Å². The van der Waals surface area contributed by atoms with Gasteiger partial charge in [0.05, 0.1) is 12.7 Å². The predicted molar refractivity (Wildman–Crippen MR) is 77.0 cm³/mol. The highest BCUT2D eigenvalue weighted by molar-refractivity contribution is 5.99. The van der Waals surface area contributed by atoms with E-state index in [2.05, 4.69) is 4.74 Å². The Balaban J connectivity index is 2.50. The van der Waals surface area contributed by atoms with Crippen LogP contribution in [-0.2, 0) is 21.1 Å². The van der Waals surface area contributed by atoms with Crippen molar-refractivity contribution in [3.05, 3.63) is 34.9 Å². The summed E-state index contributed by atoms with van der Waals surface area (Å²) < 4.78 is 43.4. The molecule has 0 bridgehead atoms. The molecular formula is C16H18F3NO3. The third-order valence-corrected chi connectivity index (χ3v) is 4.38. The Bertz CT molecular complexity index is 642. The summed E-state index contributed by atoms with van der Waals surface area (Å²) in [6.07, 6.45) is -3.93. The number of hydrogen-bond donors (Lipinski definition) is 0. The lowest BCUT2D eigenvalue weighted by molar-refractivity contribution is -0.141. The Hall–Kier alpha value is -2.05. The normalized spacial score (nSPS) is 21.1. The van der Waals surface area contributed by atoms with Crippen molar-refractivity contribution in [2.24, 2.45) is 0 Å². The molecule has 0 fully saturated rings. The number of ether oxygens (including phenoxy) is 1. The number of amides is 1. The summed E-state index contributed by atoms with van der Waals surface area (Å²) >= 11 is 0. The van der Waals surface area contributed by atoms with Crippen LogP contribution in [-0.4, -0.2) is 37.0 Å². The summed E-state index contributed by atoms with van der Waals surface area (Å²) in [5.41, 5.74) is -0.845. The molecule has 1 atom stereocenters. The molecule has 0 saturated heterocycles. The highest BCUT2D eigenvalue weighted by atomic mass is 19.4. The maximum atomic E-state index is 12.9. The van der Waals surface area contributed by atoms with Gasteiger partial charge >= 0.3 is 12.1 Å². The molecule has 7 heteroatoms. The van der Waals surface area contributed by atoms with Crippen LogP contribution < -0.4 is 0 Å². The smallest absolute Gasteiger partial charge is 0.416 e. The molecule has 1 amide bonds. The lowest BCUT2D eigenvalue weighted by Gasteiger charge is -2.41. The van der Waals surface area contributed by atoms with Gasteiger partial charge in [0.25, 0.3) is 5.91 Å². The molecule has 1 heterocycles. The van der Waals surface area contributed by atoms with Crippen LogP contribution >= 0.6 is 0 Å². The molecule has 0 aromatic heterocycles. The van der Waals surface area contributed by atoms with Crippen molar-refractivity contribution in [2.45, 2.75) is 31.9 Å². The highest BCUT2D eigenvalue weighted by Gasteiger charge is 2.41. The number of nitrogens with zero attached hydrogens (tertiary/aromatic N) is 1. The topological polar surface area (TPSA) is 46.6 Å². The van der Waals surface area contributed by atoms with Crippen molar-refractivity contribution < 1.29 is 27.5 Å². The molecule has 0 radical (unpaired) electrons. The van der Waals surface area contributed by atoms with E-state index in [1.807, 2.05) is 6.92 Å². The maximum Gasteiger partial charge on any atom is 0.416 e. The van der Waals surface area contributed by atoms with E-state index < -0.39 is 29.0 Å². The number of esters is 1. The molecule has 0 aliphatic carbocycles. The number of benzene rings is 1. The van der Waals surface area contributed by atoms with Crippen LogP contribution in [0.4, 0.5) is 13.2 Å². The summed E-state index contributed by atoms with van der Waals surface area (Å²) in [7, 11) is 1.22. The molecule has 23 heavy (non-hydrogen) atoms. The summed E-state index contributed by atoms with van der Waals surface area (Å²) in [6, 6.07) is 3.14. The van der Waals surface area contributed by atoms with Gasteiger partial charge in [-0.05, 0) is 30.2 Å². The molecule has 1 aromatic rings. The van der Waals surface area contributed by atoms with E-state index in [-0.39, 0.29) is 18.7 Å². The summed E-state index contributed by atoms with van der Waals surface area (Å²) in [4.78, 5) is 25.3. The number of carbonyl (C=O) groups excluding carboxylic acids is 2. The van der Waals surface area contributed by atoms with Crippen molar-refractivity contribution in [2.75, 3.05) is 20.2 Å². The molecule has 0 spiro atoms. The highest BCUT2D eigenvalue weighted by Crippen LogP contribution is 2.39. The van der Waals surface area contributed by atoms with Crippen molar-refractivity contribution in [1.29, 1.82) is 0 Å². The van der Waals surface area contributed by atoms with Gasteiger partial charge in [-0.2, -0.15) is 13.2 Å². The van der Waals surface area contributed by atoms with E-state index in [9.17, 15) is 22.8 Å².